The molecule has 0 unspecified atom stereocenters. The fraction of sp³-hybridized carbons (Fsp3) is 0.310. The molecule has 9 heteroatoms. The lowest BCUT2D eigenvalue weighted by molar-refractivity contribution is -0.139. The summed E-state index contributed by atoms with van der Waals surface area (Å²) in [6.07, 6.45) is 0.738. The van der Waals surface area contributed by atoms with Crippen LogP contribution in [-0.2, 0) is 26.2 Å². The summed E-state index contributed by atoms with van der Waals surface area (Å²) in [5, 5.41) is 2.93. The van der Waals surface area contributed by atoms with Gasteiger partial charge in [0.25, 0.3) is 10.0 Å². The average Bonchev–Trinajstić information content (AvgIpc) is 2.95. The number of sulfonamides is 1. The molecule has 2 amide bonds. The molecule has 8 nitrogen and oxygen atoms in total. The van der Waals surface area contributed by atoms with E-state index >= 15 is 0 Å². The fourth-order valence-electron chi connectivity index (χ4n) is 3.82. The van der Waals surface area contributed by atoms with Crippen LogP contribution in [0.2, 0.25) is 0 Å². The number of hydrogen-bond donors (Lipinski definition) is 1. The molecule has 0 fully saturated rings. The van der Waals surface area contributed by atoms with Crippen LogP contribution in [-0.4, -0.2) is 50.9 Å². The van der Waals surface area contributed by atoms with Gasteiger partial charge in [0, 0.05) is 12.6 Å². The lowest BCUT2D eigenvalue weighted by Crippen LogP contribution is -2.52. The van der Waals surface area contributed by atoms with E-state index in [1.165, 1.54) is 17.0 Å². The van der Waals surface area contributed by atoms with E-state index < -0.39 is 28.5 Å². The van der Waals surface area contributed by atoms with Crippen LogP contribution in [0.4, 0.5) is 5.69 Å². The van der Waals surface area contributed by atoms with Crippen molar-refractivity contribution in [3.63, 3.8) is 0 Å². The summed E-state index contributed by atoms with van der Waals surface area (Å²) in [5.74, 6) is -0.146. The van der Waals surface area contributed by atoms with Gasteiger partial charge < -0.3 is 15.0 Å². The van der Waals surface area contributed by atoms with Crippen LogP contribution in [0.1, 0.15) is 32.8 Å². The number of ether oxygens (including phenoxy) is 1. The molecule has 0 aliphatic rings. The van der Waals surface area contributed by atoms with Crippen LogP contribution in [0.3, 0.4) is 0 Å². The van der Waals surface area contributed by atoms with Crippen LogP contribution >= 0.6 is 0 Å². The molecule has 0 aromatic heterocycles. The minimum atomic E-state index is -4.06. The van der Waals surface area contributed by atoms with Gasteiger partial charge in [0.2, 0.25) is 11.8 Å². The van der Waals surface area contributed by atoms with Crippen molar-refractivity contribution < 1.29 is 22.7 Å². The summed E-state index contributed by atoms with van der Waals surface area (Å²) < 4.78 is 33.7. The fourth-order valence-corrected chi connectivity index (χ4v) is 5.25. The second kappa shape index (κ2) is 13.1. The van der Waals surface area contributed by atoms with Crippen molar-refractivity contribution in [3.8, 4) is 5.75 Å². The molecule has 0 saturated carbocycles. The molecule has 3 aromatic rings. The normalized spacial score (nSPS) is 12.7. The van der Waals surface area contributed by atoms with Gasteiger partial charge in [-0.15, -0.1) is 0 Å². The lowest BCUT2D eigenvalue weighted by atomic mass is 10.1. The Labute approximate surface area is 225 Å². The summed E-state index contributed by atoms with van der Waals surface area (Å²) in [5.41, 5.74) is 1.13. The Bertz CT molecular complexity index is 1300. The number of carbonyl (C=O) groups excluding carboxylic acids is 2. The van der Waals surface area contributed by atoms with Crippen molar-refractivity contribution in [1.29, 1.82) is 0 Å². The number of amides is 2. The third-order valence-corrected chi connectivity index (χ3v) is 8.12. The van der Waals surface area contributed by atoms with Crippen molar-refractivity contribution in [1.82, 2.24) is 10.2 Å². The maximum absolute atomic E-state index is 13.8. The number of anilines is 1. The highest BCUT2D eigenvalue weighted by molar-refractivity contribution is 7.92. The summed E-state index contributed by atoms with van der Waals surface area (Å²) in [7, 11) is -2.50. The second-order valence-corrected chi connectivity index (χ2v) is 10.9. The molecule has 0 heterocycles. The maximum Gasteiger partial charge on any atom is 0.264 e. The van der Waals surface area contributed by atoms with E-state index in [1.807, 2.05) is 26.0 Å². The molecule has 1 N–H and O–H groups in total. The third kappa shape index (κ3) is 7.13. The predicted octanol–water partition coefficient (Wildman–Crippen LogP) is 4.22. The second-order valence-electron chi connectivity index (χ2n) is 9.02. The number of hydrogen-bond acceptors (Lipinski definition) is 5. The van der Waals surface area contributed by atoms with Crippen LogP contribution < -0.4 is 14.4 Å². The van der Waals surface area contributed by atoms with Crippen molar-refractivity contribution in [2.24, 2.45) is 0 Å². The van der Waals surface area contributed by atoms with Gasteiger partial charge in [-0.3, -0.25) is 13.9 Å². The molecule has 3 aromatic carbocycles. The van der Waals surface area contributed by atoms with E-state index in [4.69, 9.17) is 4.74 Å². The number of methoxy groups -OCH3 is 1. The smallest absolute Gasteiger partial charge is 0.264 e. The van der Waals surface area contributed by atoms with Gasteiger partial charge in [-0.1, -0.05) is 55.5 Å². The average molecular weight is 538 g/mol. The minimum absolute atomic E-state index is 0.0674. The summed E-state index contributed by atoms with van der Waals surface area (Å²) in [6, 6.07) is 22.7. The Hall–Kier alpha value is -3.85. The standard InChI is InChI=1S/C29H35N3O5S/c1-5-22(2)30-29(34)23(3)31(20-24-16-18-26(37-4)19-17-24)28(33)21-32(25-12-8-6-9-13-25)38(35,36)27-14-10-7-11-15-27/h6-19,22-23H,5,20-21H2,1-4H3,(H,30,34)/t22-,23+/m1/s1. The van der Waals surface area contributed by atoms with Crippen LogP contribution in [0.15, 0.2) is 89.8 Å². The first-order valence-corrected chi connectivity index (χ1v) is 14.0. The number of benzene rings is 3. The van der Waals surface area contributed by atoms with E-state index in [0.717, 1.165) is 16.3 Å². The number of para-hydroxylation sites is 1. The number of nitrogens with zero attached hydrogens (tertiary/aromatic N) is 2. The zero-order valence-corrected chi connectivity index (χ0v) is 23.0. The molecule has 0 saturated heterocycles. The molecule has 3 rings (SSSR count). The Morgan fingerprint density at radius 2 is 1.47 bits per heavy atom. The maximum atomic E-state index is 13.8. The minimum Gasteiger partial charge on any atom is -0.497 e. The summed E-state index contributed by atoms with van der Waals surface area (Å²) >= 11 is 0. The van der Waals surface area contributed by atoms with Gasteiger partial charge in [-0.25, -0.2) is 8.42 Å². The zero-order chi connectivity index (χ0) is 27.7. The Balaban J connectivity index is 1.98. The first-order chi connectivity index (χ1) is 18.2. The monoisotopic (exact) mass is 537 g/mol. The molecular weight excluding hydrogens is 502 g/mol. The molecule has 0 bridgehead atoms. The first-order valence-electron chi connectivity index (χ1n) is 12.5. The molecule has 0 radical (unpaired) electrons. The molecule has 2 atom stereocenters. The third-order valence-electron chi connectivity index (χ3n) is 6.33. The summed E-state index contributed by atoms with van der Waals surface area (Å²) in [4.78, 5) is 28.4. The quantitative estimate of drug-likeness (QED) is 0.373. The number of carbonyl (C=O) groups is 2. The molecular formula is C29H35N3O5S. The molecule has 0 spiro atoms. The number of rotatable bonds is 12. The van der Waals surface area contributed by atoms with Gasteiger partial charge in [0.05, 0.1) is 17.7 Å². The van der Waals surface area contributed by atoms with E-state index in [9.17, 15) is 18.0 Å². The highest BCUT2D eigenvalue weighted by atomic mass is 32.2. The van der Waals surface area contributed by atoms with Gasteiger partial charge in [-0.05, 0) is 62.2 Å². The zero-order valence-electron chi connectivity index (χ0n) is 22.2. The van der Waals surface area contributed by atoms with Crippen LogP contribution in [0.25, 0.3) is 0 Å². The van der Waals surface area contributed by atoms with Gasteiger partial charge >= 0.3 is 0 Å². The molecule has 0 aliphatic carbocycles. The van der Waals surface area contributed by atoms with E-state index in [1.54, 1.807) is 74.7 Å². The van der Waals surface area contributed by atoms with Crippen molar-refractivity contribution in [2.45, 2.75) is 50.7 Å². The van der Waals surface area contributed by atoms with Crippen molar-refractivity contribution in [3.05, 3.63) is 90.5 Å². The summed E-state index contributed by atoms with van der Waals surface area (Å²) in [6.45, 7) is 5.15. The van der Waals surface area contributed by atoms with Crippen molar-refractivity contribution >= 4 is 27.5 Å². The topological polar surface area (TPSA) is 96.0 Å². The number of nitrogens with one attached hydrogen (secondary N) is 1. The SMILES string of the molecule is CC[C@@H](C)NC(=O)[C@H](C)N(Cc1ccc(OC)cc1)C(=O)CN(c1ccccc1)S(=O)(=O)c1ccccc1. The van der Waals surface area contributed by atoms with Crippen molar-refractivity contribution in [2.75, 3.05) is 18.0 Å². The van der Waals surface area contributed by atoms with Crippen LogP contribution in [0.5, 0.6) is 5.75 Å². The highest BCUT2D eigenvalue weighted by Gasteiger charge is 2.32. The molecule has 0 aliphatic heterocycles. The van der Waals surface area contributed by atoms with Gasteiger partial charge in [0.1, 0.15) is 18.3 Å². The van der Waals surface area contributed by atoms with Gasteiger partial charge in [0.15, 0.2) is 0 Å². The first kappa shape index (κ1) is 28.7. The van der Waals surface area contributed by atoms with E-state index in [0.29, 0.717) is 11.4 Å². The molecule has 38 heavy (non-hydrogen) atoms. The Morgan fingerprint density at radius 1 is 0.895 bits per heavy atom. The Kier molecular flexibility index (Phi) is 9.90. The highest BCUT2D eigenvalue weighted by Crippen LogP contribution is 2.24. The van der Waals surface area contributed by atoms with E-state index in [2.05, 4.69) is 5.32 Å². The van der Waals surface area contributed by atoms with Crippen LogP contribution in [0, 0.1) is 0 Å². The van der Waals surface area contributed by atoms with E-state index in [-0.39, 0.29) is 23.4 Å². The molecule has 202 valence electrons. The predicted molar refractivity (Wildman–Crippen MR) is 148 cm³/mol. The largest absolute Gasteiger partial charge is 0.497 e. The van der Waals surface area contributed by atoms with Gasteiger partial charge in [-0.2, -0.15) is 0 Å². The Morgan fingerprint density at radius 3 is 2.03 bits per heavy atom. The lowest BCUT2D eigenvalue weighted by Gasteiger charge is -2.32.